The van der Waals surface area contributed by atoms with E-state index in [1.165, 1.54) is 6.08 Å². The Labute approximate surface area is 288 Å². The molecule has 0 saturated heterocycles. The molecule has 0 radical (unpaired) electrons. The molecule has 0 aliphatic heterocycles. The third-order valence-electron chi connectivity index (χ3n) is 9.73. The average Bonchev–Trinajstić information content (AvgIpc) is 3.11. The lowest BCUT2D eigenvalue weighted by Gasteiger charge is -2.32. The third kappa shape index (κ3) is 17.3. The Morgan fingerprint density at radius 3 is 1.48 bits per heavy atom. The monoisotopic (exact) mass is 678 g/mol. The molecule has 10 nitrogen and oxygen atoms in total. The number of aliphatic hydroxyl groups excluding tert-OH is 1. The van der Waals surface area contributed by atoms with Crippen molar-refractivity contribution in [2.24, 2.45) is 5.92 Å². The van der Waals surface area contributed by atoms with E-state index < -0.39 is 0 Å². The molecule has 0 heterocycles. The highest BCUT2D eigenvalue weighted by atomic mass is 16.7. The molecule has 0 unspecified atom stereocenters. The van der Waals surface area contributed by atoms with Crippen LogP contribution in [0.25, 0.3) is 0 Å². The van der Waals surface area contributed by atoms with E-state index in [2.05, 4.69) is 18.9 Å². The van der Waals surface area contributed by atoms with E-state index in [1.54, 1.807) is 0 Å². The highest BCUT2D eigenvalue weighted by Crippen LogP contribution is 2.30. The number of unbranched alkanes of at least 4 members (excludes halogenated alkanes) is 6. The molecule has 0 bridgehead atoms. The zero-order valence-corrected chi connectivity index (χ0v) is 29.3. The Hall–Kier alpha value is -2.36. The second-order valence-corrected chi connectivity index (χ2v) is 13.4. The van der Waals surface area contributed by atoms with Crippen molar-refractivity contribution >= 4 is 11.9 Å². The van der Waals surface area contributed by atoms with Crippen LogP contribution in [-0.4, -0.2) is 80.8 Å². The van der Waals surface area contributed by atoms with Crippen LogP contribution in [0.3, 0.4) is 0 Å². The first-order valence-electron chi connectivity index (χ1n) is 18.6. The topological polar surface area (TPSA) is 119 Å². The number of rotatable bonds is 24. The van der Waals surface area contributed by atoms with Crippen LogP contribution in [0, 0.1) is 5.92 Å². The number of ether oxygens (including phenoxy) is 7. The minimum atomic E-state index is -0.364. The van der Waals surface area contributed by atoms with Crippen molar-refractivity contribution in [2.75, 3.05) is 33.2 Å². The van der Waals surface area contributed by atoms with Crippen molar-refractivity contribution in [3.05, 3.63) is 30.9 Å². The first kappa shape index (κ1) is 40.1. The Kier molecular flexibility index (Phi) is 20.6. The number of esters is 2. The Bertz CT molecular complexity index is 939. The maximum Gasteiger partial charge on any atom is 0.330 e. The summed E-state index contributed by atoms with van der Waals surface area (Å²) in [6, 6.07) is 0. The van der Waals surface area contributed by atoms with Gasteiger partial charge in [-0.1, -0.05) is 19.4 Å². The number of hydrogen-bond donors (Lipinski definition) is 1. The van der Waals surface area contributed by atoms with Crippen LogP contribution >= 0.6 is 0 Å². The van der Waals surface area contributed by atoms with Gasteiger partial charge < -0.3 is 38.3 Å². The van der Waals surface area contributed by atoms with Gasteiger partial charge in [0.15, 0.2) is 0 Å². The minimum Gasteiger partial charge on any atom is -0.475 e. The second kappa shape index (κ2) is 24.7. The SMILES string of the molecule is C=C=C(O)OCCCCCCOC1CCC(OCOC2CCC(OC(=O)C3CCC(OCCCCCCOC(=O)C=C)CC3)CC2)CC1. The standard InChI is InChI=1S/C38H62O10/c1-3-36(39)44-27-11-7-5-9-25-42-31-15-13-30(14-16-31)38(41)48-35-23-21-34(22-24-35)47-29-46-33-19-17-32(18-20-33)43-26-10-6-8-12-28-45-37(40)4-2/h3,30-35,40H,1-2,5-29H2. The van der Waals surface area contributed by atoms with Gasteiger partial charge in [0, 0.05) is 19.3 Å². The fraction of sp³-hybridized carbons (Fsp3) is 0.816. The molecule has 0 spiro atoms. The summed E-state index contributed by atoms with van der Waals surface area (Å²) in [6.07, 6.45) is 21.1. The summed E-state index contributed by atoms with van der Waals surface area (Å²) in [5.41, 5.74) is 2.31. The molecule has 10 heteroatoms. The molecule has 274 valence electrons. The predicted molar refractivity (Wildman–Crippen MR) is 182 cm³/mol. The zero-order chi connectivity index (χ0) is 34.2. The smallest absolute Gasteiger partial charge is 0.330 e. The number of carbonyl (C=O) groups is 2. The fourth-order valence-corrected chi connectivity index (χ4v) is 6.71. The van der Waals surface area contributed by atoms with Crippen LogP contribution in [0.15, 0.2) is 30.9 Å². The van der Waals surface area contributed by atoms with E-state index in [9.17, 15) is 9.59 Å². The van der Waals surface area contributed by atoms with E-state index in [0.29, 0.717) is 26.1 Å². The van der Waals surface area contributed by atoms with E-state index in [0.717, 1.165) is 142 Å². The van der Waals surface area contributed by atoms with Gasteiger partial charge in [0.25, 0.3) is 0 Å². The Morgan fingerprint density at radius 1 is 0.583 bits per heavy atom. The largest absolute Gasteiger partial charge is 0.475 e. The van der Waals surface area contributed by atoms with Gasteiger partial charge in [-0.15, -0.1) is 0 Å². The van der Waals surface area contributed by atoms with Gasteiger partial charge in [0.2, 0.25) is 0 Å². The minimum absolute atomic E-state index is 0.00827. The summed E-state index contributed by atoms with van der Waals surface area (Å²) in [4.78, 5) is 23.9. The first-order chi connectivity index (χ1) is 23.5. The van der Waals surface area contributed by atoms with E-state index in [1.807, 2.05) is 0 Å². The summed E-state index contributed by atoms with van der Waals surface area (Å²) >= 11 is 0. The van der Waals surface area contributed by atoms with Crippen LogP contribution in [0.5, 0.6) is 0 Å². The fourth-order valence-electron chi connectivity index (χ4n) is 6.71. The van der Waals surface area contributed by atoms with Crippen LogP contribution < -0.4 is 0 Å². The van der Waals surface area contributed by atoms with Gasteiger partial charge in [0.05, 0.1) is 43.5 Å². The quantitative estimate of drug-likeness (QED) is 0.0271. The molecule has 3 aliphatic rings. The van der Waals surface area contributed by atoms with E-state index in [-0.39, 0.29) is 48.2 Å². The summed E-state index contributed by atoms with van der Waals surface area (Å²) in [6.45, 7) is 9.50. The molecule has 3 rings (SSSR count). The van der Waals surface area contributed by atoms with Crippen molar-refractivity contribution in [2.45, 2.75) is 159 Å². The number of aliphatic hydroxyl groups is 1. The maximum absolute atomic E-state index is 12.8. The van der Waals surface area contributed by atoms with Crippen molar-refractivity contribution in [1.29, 1.82) is 0 Å². The number of carbonyl (C=O) groups excluding carboxylic acids is 2. The molecule has 0 aromatic carbocycles. The highest BCUT2D eigenvalue weighted by Gasteiger charge is 2.31. The number of hydrogen-bond acceptors (Lipinski definition) is 10. The summed E-state index contributed by atoms with van der Waals surface area (Å²) in [5.74, 6) is -0.647. The molecule has 0 aromatic heterocycles. The molecule has 0 atom stereocenters. The van der Waals surface area contributed by atoms with Crippen molar-refractivity contribution < 1.29 is 47.9 Å². The molecule has 1 N–H and O–H groups in total. The zero-order valence-electron chi connectivity index (χ0n) is 29.3. The molecular weight excluding hydrogens is 616 g/mol. The van der Waals surface area contributed by atoms with Crippen LogP contribution in [0.4, 0.5) is 0 Å². The third-order valence-corrected chi connectivity index (χ3v) is 9.73. The summed E-state index contributed by atoms with van der Waals surface area (Å²) < 4.78 is 40.2. The van der Waals surface area contributed by atoms with Gasteiger partial charge in [0.1, 0.15) is 12.9 Å². The Balaban J connectivity index is 1.11. The van der Waals surface area contributed by atoms with Crippen molar-refractivity contribution in [1.82, 2.24) is 0 Å². The molecule has 48 heavy (non-hydrogen) atoms. The van der Waals surface area contributed by atoms with Crippen molar-refractivity contribution in [3.63, 3.8) is 0 Å². The molecule has 3 saturated carbocycles. The Morgan fingerprint density at radius 2 is 1.00 bits per heavy atom. The molecule has 3 aliphatic carbocycles. The first-order valence-corrected chi connectivity index (χ1v) is 18.6. The summed E-state index contributed by atoms with van der Waals surface area (Å²) in [5, 5.41) is 9.15. The highest BCUT2D eigenvalue weighted by molar-refractivity contribution is 5.81. The lowest BCUT2D eigenvalue weighted by molar-refractivity contribution is -0.164. The lowest BCUT2D eigenvalue weighted by atomic mass is 9.87. The molecular formula is C38H62O10. The van der Waals surface area contributed by atoms with Gasteiger partial charge in [-0.05, 0) is 128 Å². The lowest BCUT2D eigenvalue weighted by Crippen LogP contribution is -2.33. The van der Waals surface area contributed by atoms with Gasteiger partial charge in [-0.2, -0.15) is 0 Å². The van der Waals surface area contributed by atoms with Crippen LogP contribution in [0.2, 0.25) is 0 Å². The van der Waals surface area contributed by atoms with Crippen molar-refractivity contribution in [3.8, 4) is 0 Å². The van der Waals surface area contributed by atoms with Crippen LogP contribution in [0.1, 0.15) is 128 Å². The van der Waals surface area contributed by atoms with E-state index >= 15 is 0 Å². The predicted octanol–water partition coefficient (Wildman–Crippen LogP) is 7.79. The van der Waals surface area contributed by atoms with Gasteiger partial charge in [-0.3, -0.25) is 4.79 Å². The molecule has 3 fully saturated rings. The average molecular weight is 679 g/mol. The molecule has 0 aromatic rings. The maximum atomic E-state index is 12.8. The van der Waals surface area contributed by atoms with E-state index in [4.69, 9.17) is 38.3 Å². The van der Waals surface area contributed by atoms with Gasteiger partial charge >= 0.3 is 17.9 Å². The summed E-state index contributed by atoms with van der Waals surface area (Å²) in [7, 11) is 0. The second-order valence-electron chi connectivity index (χ2n) is 13.4. The van der Waals surface area contributed by atoms with Gasteiger partial charge in [-0.25, -0.2) is 4.79 Å². The normalized spacial score (nSPS) is 25.8. The van der Waals surface area contributed by atoms with Crippen LogP contribution in [-0.2, 0) is 42.7 Å². The molecule has 0 amide bonds.